The number of thioether (sulfide) groups is 1. The highest BCUT2D eigenvalue weighted by atomic mass is 35.5. The van der Waals surface area contributed by atoms with Crippen LogP contribution in [0.4, 0.5) is 5.95 Å². The number of esters is 1. The number of hydrogen-bond donors (Lipinski definition) is 1. The second-order valence-corrected chi connectivity index (χ2v) is 10.6. The molecule has 9 nitrogen and oxygen atoms in total. The molecule has 1 N–H and O–H groups in total. The summed E-state index contributed by atoms with van der Waals surface area (Å²) in [7, 11) is 0. The summed E-state index contributed by atoms with van der Waals surface area (Å²) in [5.74, 6) is 1.75. The molecular weight excluding hydrogens is 560 g/mol. The molecule has 3 heterocycles. The van der Waals surface area contributed by atoms with Crippen LogP contribution in [0.3, 0.4) is 0 Å². The van der Waals surface area contributed by atoms with E-state index in [-0.39, 0.29) is 6.61 Å². The number of nitrogens with one attached hydrogen (secondary N) is 1. The van der Waals surface area contributed by atoms with E-state index in [0.717, 1.165) is 22.3 Å². The van der Waals surface area contributed by atoms with E-state index in [1.807, 2.05) is 73.7 Å². The largest absolute Gasteiger partial charge is 0.463 e. The first-order valence-corrected chi connectivity index (χ1v) is 14.3. The summed E-state index contributed by atoms with van der Waals surface area (Å²) in [5.41, 5.74) is 4.81. The lowest BCUT2D eigenvalue weighted by Gasteiger charge is -2.28. The van der Waals surface area contributed by atoms with Gasteiger partial charge < -0.3 is 14.5 Å². The van der Waals surface area contributed by atoms with Gasteiger partial charge in [0.25, 0.3) is 0 Å². The van der Waals surface area contributed by atoms with Gasteiger partial charge in [0.1, 0.15) is 6.04 Å². The van der Waals surface area contributed by atoms with Crippen LogP contribution >= 0.6 is 23.4 Å². The monoisotopic (exact) mass is 584 g/mol. The molecule has 2 aromatic heterocycles. The Hall–Kier alpha value is -4.41. The average molecular weight is 585 g/mol. The van der Waals surface area contributed by atoms with Crippen LogP contribution in [0.25, 0.3) is 22.9 Å². The Morgan fingerprint density at radius 1 is 1.00 bits per heavy atom. The first-order chi connectivity index (χ1) is 20.0. The fourth-order valence-electron chi connectivity index (χ4n) is 4.55. The zero-order valence-corrected chi connectivity index (χ0v) is 23.8. The molecule has 5 aromatic rings. The molecule has 0 saturated heterocycles. The van der Waals surface area contributed by atoms with Crippen LogP contribution in [0.15, 0.2) is 99.7 Å². The molecule has 1 aliphatic rings. The predicted molar refractivity (Wildman–Crippen MR) is 157 cm³/mol. The number of carbonyl (C=O) groups is 1. The normalized spacial score (nSPS) is 14.5. The molecule has 0 unspecified atom stereocenters. The second-order valence-electron chi connectivity index (χ2n) is 9.26. The van der Waals surface area contributed by atoms with E-state index < -0.39 is 12.0 Å². The number of nitrogens with zero attached hydrogens (tertiary/aromatic N) is 5. The van der Waals surface area contributed by atoms with Crippen molar-refractivity contribution in [2.24, 2.45) is 0 Å². The number of anilines is 1. The maximum atomic E-state index is 13.0. The Bertz CT molecular complexity index is 1720. The fraction of sp³-hybridized carbons (Fsp3) is 0.167. The average Bonchev–Trinajstić information content (AvgIpc) is 3.64. The van der Waals surface area contributed by atoms with Crippen molar-refractivity contribution in [2.75, 3.05) is 11.9 Å². The molecule has 0 aliphatic carbocycles. The molecule has 0 fully saturated rings. The van der Waals surface area contributed by atoms with E-state index in [9.17, 15) is 4.79 Å². The molecule has 41 heavy (non-hydrogen) atoms. The quantitative estimate of drug-likeness (QED) is 0.156. The lowest BCUT2D eigenvalue weighted by molar-refractivity contribution is -0.139. The molecule has 206 valence electrons. The van der Waals surface area contributed by atoms with Gasteiger partial charge >= 0.3 is 5.97 Å². The van der Waals surface area contributed by atoms with E-state index in [0.29, 0.717) is 44.9 Å². The highest BCUT2D eigenvalue weighted by molar-refractivity contribution is 7.98. The molecule has 1 atom stereocenters. The number of carbonyl (C=O) groups excluding carboxylic acids is 1. The van der Waals surface area contributed by atoms with Crippen LogP contribution in [0, 0.1) is 0 Å². The predicted octanol–water partition coefficient (Wildman–Crippen LogP) is 6.79. The van der Waals surface area contributed by atoms with Crippen molar-refractivity contribution in [2.45, 2.75) is 30.8 Å². The van der Waals surface area contributed by atoms with Crippen molar-refractivity contribution in [3.63, 3.8) is 0 Å². The molecular formula is C30H25ClN6O3S. The molecule has 0 bridgehead atoms. The minimum Gasteiger partial charge on any atom is -0.463 e. The molecule has 3 aromatic carbocycles. The van der Waals surface area contributed by atoms with Crippen LogP contribution < -0.4 is 5.32 Å². The van der Waals surface area contributed by atoms with Crippen LogP contribution in [0.2, 0.25) is 5.02 Å². The Kier molecular flexibility index (Phi) is 7.58. The van der Waals surface area contributed by atoms with Crippen LogP contribution in [0.1, 0.15) is 31.0 Å². The molecule has 0 saturated carbocycles. The van der Waals surface area contributed by atoms with Gasteiger partial charge in [-0.3, -0.25) is 0 Å². The van der Waals surface area contributed by atoms with E-state index in [2.05, 4.69) is 15.5 Å². The van der Waals surface area contributed by atoms with E-state index in [1.54, 1.807) is 23.7 Å². The number of fused-ring (bicyclic) bond motifs is 1. The van der Waals surface area contributed by atoms with Gasteiger partial charge in [0, 0.05) is 27.6 Å². The van der Waals surface area contributed by atoms with Crippen molar-refractivity contribution in [3.05, 3.63) is 106 Å². The number of halogens is 1. The Balaban J connectivity index is 1.20. The summed E-state index contributed by atoms with van der Waals surface area (Å²) in [6, 6.07) is 24.5. The third-order valence-corrected chi connectivity index (χ3v) is 7.69. The van der Waals surface area contributed by atoms with Crippen molar-refractivity contribution in [1.29, 1.82) is 0 Å². The minimum absolute atomic E-state index is 0.272. The highest BCUT2D eigenvalue weighted by Gasteiger charge is 2.35. The van der Waals surface area contributed by atoms with Crippen LogP contribution in [-0.4, -0.2) is 37.5 Å². The molecule has 0 radical (unpaired) electrons. The number of aromatic nitrogens is 5. The summed E-state index contributed by atoms with van der Waals surface area (Å²) < 4.78 is 13.0. The fourth-order valence-corrected chi connectivity index (χ4v) is 5.46. The zero-order chi connectivity index (χ0) is 28.3. The standard InChI is InChI=1S/C30H25ClN6O3S/c1-3-39-28(38)24-18(2)32-29-33-30(36-37(29)25(24)20-13-15-23(31)16-14-20)41-17-19-9-11-22(12-10-19)27-35-34-26(40-27)21-7-5-4-6-8-21/h4-16,25H,3,17H2,1-2H3,(H,32,33,36)/t25-/m0/s1. The Morgan fingerprint density at radius 2 is 1.68 bits per heavy atom. The summed E-state index contributed by atoms with van der Waals surface area (Å²) in [6.45, 7) is 3.90. The SMILES string of the molecule is CCOC(=O)C1=C(C)Nc2nc(SCc3ccc(-c4nnc(-c5ccccc5)o4)cc3)nn2[C@H]1c1ccc(Cl)cc1. The van der Waals surface area contributed by atoms with Gasteiger partial charge in [0.2, 0.25) is 22.9 Å². The van der Waals surface area contributed by atoms with Gasteiger partial charge in [-0.25, -0.2) is 9.48 Å². The van der Waals surface area contributed by atoms with Crippen molar-refractivity contribution in [1.82, 2.24) is 25.0 Å². The molecule has 6 rings (SSSR count). The maximum absolute atomic E-state index is 13.0. The third kappa shape index (κ3) is 5.61. The molecule has 0 spiro atoms. The first kappa shape index (κ1) is 26.8. The molecule has 1 aliphatic heterocycles. The van der Waals surface area contributed by atoms with Crippen molar-refractivity contribution in [3.8, 4) is 22.9 Å². The van der Waals surface area contributed by atoms with E-state index >= 15 is 0 Å². The number of hydrogen-bond acceptors (Lipinski definition) is 9. The summed E-state index contributed by atoms with van der Waals surface area (Å²) in [5, 5.41) is 17.6. The van der Waals surface area contributed by atoms with Crippen molar-refractivity contribution < 1.29 is 13.9 Å². The number of allylic oxidation sites excluding steroid dienone is 1. The molecule has 11 heteroatoms. The molecule has 0 amide bonds. The summed E-state index contributed by atoms with van der Waals surface area (Å²) >= 11 is 7.64. The van der Waals surface area contributed by atoms with Crippen LogP contribution in [-0.2, 0) is 15.3 Å². The van der Waals surface area contributed by atoms with E-state index in [4.69, 9.17) is 30.8 Å². The van der Waals surface area contributed by atoms with Gasteiger partial charge in [0.05, 0.1) is 12.2 Å². The number of rotatable bonds is 8. The zero-order valence-electron chi connectivity index (χ0n) is 22.2. The van der Waals surface area contributed by atoms with Gasteiger partial charge in [-0.1, -0.05) is 65.8 Å². The minimum atomic E-state index is -0.501. The highest BCUT2D eigenvalue weighted by Crippen LogP contribution is 2.37. The van der Waals surface area contributed by atoms with Gasteiger partial charge in [-0.15, -0.1) is 15.3 Å². The van der Waals surface area contributed by atoms with Gasteiger partial charge in [-0.2, -0.15) is 4.98 Å². The van der Waals surface area contributed by atoms with Crippen LogP contribution in [0.5, 0.6) is 0 Å². The first-order valence-electron chi connectivity index (χ1n) is 13.0. The smallest absolute Gasteiger partial charge is 0.338 e. The number of benzene rings is 3. The number of ether oxygens (including phenoxy) is 1. The Morgan fingerprint density at radius 3 is 2.37 bits per heavy atom. The maximum Gasteiger partial charge on any atom is 0.338 e. The summed E-state index contributed by atoms with van der Waals surface area (Å²) in [4.78, 5) is 17.7. The lowest BCUT2D eigenvalue weighted by Crippen LogP contribution is -2.29. The topological polar surface area (TPSA) is 108 Å². The van der Waals surface area contributed by atoms with Crippen molar-refractivity contribution >= 4 is 35.3 Å². The van der Waals surface area contributed by atoms with E-state index in [1.165, 1.54) is 11.8 Å². The lowest BCUT2D eigenvalue weighted by atomic mass is 9.96. The summed E-state index contributed by atoms with van der Waals surface area (Å²) in [6.07, 6.45) is 0. The Labute approximate surface area is 245 Å². The third-order valence-electron chi connectivity index (χ3n) is 6.53. The van der Waals surface area contributed by atoms with Gasteiger partial charge in [0.15, 0.2) is 0 Å². The second kappa shape index (κ2) is 11.6. The van der Waals surface area contributed by atoms with Gasteiger partial charge in [-0.05, 0) is 61.4 Å².